The number of hydrogen-bond donors (Lipinski definition) is 4. The fourth-order valence-corrected chi connectivity index (χ4v) is 1.71. The van der Waals surface area contributed by atoms with Gasteiger partial charge in [-0.3, -0.25) is 0 Å². The van der Waals surface area contributed by atoms with Gasteiger partial charge in [-0.05, 0) is 18.2 Å². The number of nitrogens with zero attached hydrogens (tertiary/aromatic N) is 2. The van der Waals surface area contributed by atoms with E-state index in [1.807, 2.05) is 0 Å². The van der Waals surface area contributed by atoms with Gasteiger partial charge in [0, 0.05) is 0 Å². The van der Waals surface area contributed by atoms with Crippen molar-refractivity contribution in [1.29, 1.82) is 0 Å². The van der Waals surface area contributed by atoms with Crippen LogP contribution in [0.2, 0.25) is 0 Å². The molecule has 9 nitrogen and oxygen atoms in total. The second kappa shape index (κ2) is 4.96. The molecule has 2 aromatic rings. The molecule has 9 heteroatoms. The minimum atomic E-state index is -1.33. The Balaban J connectivity index is 2.66. The molecule has 0 saturated carbocycles. The summed E-state index contributed by atoms with van der Waals surface area (Å²) >= 11 is 0. The number of nitrogen functional groups attached to an aromatic ring is 1. The molecule has 0 unspecified atom stereocenters. The SMILES string of the molecule is Nc1c(C(=O)O)cnn1-c1cc(C(=O)O)cc(C(=O)O)c1. The molecule has 1 aromatic carbocycles. The Morgan fingerprint density at radius 2 is 1.48 bits per heavy atom. The van der Waals surface area contributed by atoms with Gasteiger partial charge in [0.15, 0.2) is 0 Å². The minimum Gasteiger partial charge on any atom is -0.478 e. The number of benzene rings is 1. The van der Waals surface area contributed by atoms with Gasteiger partial charge in [0.25, 0.3) is 0 Å². The van der Waals surface area contributed by atoms with Crippen LogP contribution in [0.5, 0.6) is 0 Å². The number of carboxylic acid groups (broad SMARTS) is 3. The number of anilines is 1. The van der Waals surface area contributed by atoms with Crippen molar-refractivity contribution in [3.05, 3.63) is 41.1 Å². The van der Waals surface area contributed by atoms with E-state index in [2.05, 4.69) is 5.10 Å². The maximum absolute atomic E-state index is 11.0. The molecule has 2 rings (SSSR count). The summed E-state index contributed by atoms with van der Waals surface area (Å²) in [6.45, 7) is 0. The fourth-order valence-electron chi connectivity index (χ4n) is 1.71. The first-order valence-corrected chi connectivity index (χ1v) is 5.50. The molecule has 108 valence electrons. The Kier molecular flexibility index (Phi) is 3.32. The van der Waals surface area contributed by atoms with E-state index in [0.717, 1.165) is 29.1 Å². The highest BCUT2D eigenvalue weighted by Crippen LogP contribution is 2.20. The van der Waals surface area contributed by atoms with Gasteiger partial charge in [-0.2, -0.15) is 5.10 Å². The Labute approximate surface area is 116 Å². The molecule has 1 aromatic heterocycles. The van der Waals surface area contributed by atoms with Crippen LogP contribution in [-0.2, 0) is 0 Å². The van der Waals surface area contributed by atoms with Crippen molar-refractivity contribution in [2.75, 3.05) is 5.73 Å². The lowest BCUT2D eigenvalue weighted by molar-refractivity contribution is 0.0682. The zero-order valence-electron chi connectivity index (χ0n) is 10.3. The van der Waals surface area contributed by atoms with Crippen LogP contribution in [-0.4, -0.2) is 43.0 Å². The van der Waals surface area contributed by atoms with E-state index >= 15 is 0 Å². The summed E-state index contributed by atoms with van der Waals surface area (Å²) in [5.74, 6) is -4.19. The lowest BCUT2D eigenvalue weighted by Gasteiger charge is -2.07. The quantitative estimate of drug-likeness (QED) is 0.636. The molecule has 0 bridgehead atoms. The van der Waals surface area contributed by atoms with Crippen molar-refractivity contribution < 1.29 is 29.7 Å². The Bertz CT molecular complexity index is 732. The normalized spacial score (nSPS) is 10.3. The maximum atomic E-state index is 11.0. The fraction of sp³-hybridized carbons (Fsp3) is 0. The summed E-state index contributed by atoms with van der Waals surface area (Å²) in [5.41, 5.74) is 4.82. The second-order valence-corrected chi connectivity index (χ2v) is 4.04. The van der Waals surface area contributed by atoms with Gasteiger partial charge < -0.3 is 21.1 Å². The highest BCUT2D eigenvalue weighted by atomic mass is 16.4. The van der Waals surface area contributed by atoms with Crippen molar-refractivity contribution >= 4 is 23.7 Å². The minimum absolute atomic E-state index is 0.0392. The molecule has 1 heterocycles. The number of hydrogen-bond acceptors (Lipinski definition) is 5. The maximum Gasteiger partial charge on any atom is 0.341 e. The van der Waals surface area contributed by atoms with Crippen LogP contribution in [0.4, 0.5) is 5.82 Å². The van der Waals surface area contributed by atoms with Crippen molar-refractivity contribution in [3.8, 4) is 5.69 Å². The van der Waals surface area contributed by atoms with Gasteiger partial charge in [-0.1, -0.05) is 0 Å². The number of carboxylic acids is 3. The summed E-state index contributed by atoms with van der Waals surface area (Å²) in [6.07, 6.45) is 0.992. The molecule has 0 saturated heterocycles. The van der Waals surface area contributed by atoms with Crippen LogP contribution < -0.4 is 5.73 Å². The molecule has 0 atom stereocenters. The third kappa shape index (κ3) is 2.52. The number of nitrogens with two attached hydrogens (primary N) is 1. The lowest BCUT2D eigenvalue weighted by Crippen LogP contribution is -2.09. The highest BCUT2D eigenvalue weighted by Gasteiger charge is 2.18. The summed E-state index contributed by atoms with van der Waals surface area (Å²) in [6, 6.07) is 3.26. The lowest BCUT2D eigenvalue weighted by atomic mass is 10.1. The third-order valence-electron chi connectivity index (χ3n) is 2.69. The molecule has 0 aliphatic heterocycles. The number of aromatic carboxylic acids is 3. The van der Waals surface area contributed by atoms with E-state index in [1.54, 1.807) is 0 Å². The van der Waals surface area contributed by atoms with Gasteiger partial charge >= 0.3 is 17.9 Å². The van der Waals surface area contributed by atoms with Gasteiger partial charge in [-0.25, -0.2) is 19.1 Å². The zero-order valence-corrected chi connectivity index (χ0v) is 10.3. The first kappa shape index (κ1) is 14.1. The first-order valence-electron chi connectivity index (χ1n) is 5.50. The van der Waals surface area contributed by atoms with Crippen molar-refractivity contribution in [2.45, 2.75) is 0 Å². The molecule has 0 spiro atoms. The highest BCUT2D eigenvalue weighted by molar-refractivity contribution is 5.95. The number of carbonyl (C=O) groups is 3. The first-order chi connectivity index (χ1) is 9.81. The van der Waals surface area contributed by atoms with E-state index in [1.165, 1.54) is 0 Å². The molecule has 21 heavy (non-hydrogen) atoms. The summed E-state index contributed by atoms with van der Waals surface area (Å²) in [4.78, 5) is 32.9. The summed E-state index contributed by atoms with van der Waals surface area (Å²) in [5, 5.41) is 30.6. The predicted molar refractivity (Wildman–Crippen MR) is 68.9 cm³/mol. The molecule has 0 aliphatic carbocycles. The Morgan fingerprint density at radius 3 is 1.86 bits per heavy atom. The molecule has 0 radical (unpaired) electrons. The topological polar surface area (TPSA) is 156 Å². The standard InChI is InChI=1S/C12H9N3O6/c13-9-8(12(20)21)4-14-15(9)7-2-5(10(16)17)1-6(3-7)11(18)19/h1-4H,13H2,(H,16,17)(H,18,19)(H,20,21). The summed E-state index contributed by atoms with van der Waals surface area (Å²) in [7, 11) is 0. The molecular formula is C12H9N3O6. The van der Waals surface area contributed by atoms with Crippen molar-refractivity contribution in [3.63, 3.8) is 0 Å². The Hall–Kier alpha value is -3.36. The van der Waals surface area contributed by atoms with E-state index < -0.39 is 17.9 Å². The Morgan fingerprint density at radius 1 is 0.952 bits per heavy atom. The molecule has 5 N–H and O–H groups in total. The van der Waals surface area contributed by atoms with E-state index in [4.69, 9.17) is 21.1 Å². The van der Waals surface area contributed by atoms with Crippen LogP contribution in [0.1, 0.15) is 31.1 Å². The molecule has 0 fully saturated rings. The largest absolute Gasteiger partial charge is 0.478 e. The summed E-state index contributed by atoms with van der Waals surface area (Å²) < 4.78 is 0.961. The van der Waals surface area contributed by atoms with Gasteiger partial charge in [0.05, 0.1) is 23.0 Å². The predicted octanol–water partition coefficient (Wildman–Crippen LogP) is 0.549. The molecule has 0 aliphatic rings. The van der Waals surface area contributed by atoms with Gasteiger partial charge in [0.1, 0.15) is 11.4 Å². The van der Waals surface area contributed by atoms with E-state index in [-0.39, 0.29) is 28.2 Å². The third-order valence-corrected chi connectivity index (χ3v) is 2.69. The van der Waals surface area contributed by atoms with Crippen LogP contribution in [0, 0.1) is 0 Å². The van der Waals surface area contributed by atoms with Crippen molar-refractivity contribution in [1.82, 2.24) is 9.78 Å². The number of rotatable bonds is 4. The smallest absolute Gasteiger partial charge is 0.341 e. The second-order valence-electron chi connectivity index (χ2n) is 4.04. The van der Waals surface area contributed by atoms with Crippen LogP contribution >= 0.6 is 0 Å². The van der Waals surface area contributed by atoms with Crippen LogP contribution in [0.25, 0.3) is 5.69 Å². The van der Waals surface area contributed by atoms with E-state index in [9.17, 15) is 14.4 Å². The molecular weight excluding hydrogens is 282 g/mol. The van der Waals surface area contributed by atoms with Crippen molar-refractivity contribution in [2.24, 2.45) is 0 Å². The van der Waals surface area contributed by atoms with Crippen LogP contribution in [0.3, 0.4) is 0 Å². The number of aromatic nitrogens is 2. The average Bonchev–Trinajstić information content (AvgIpc) is 2.80. The van der Waals surface area contributed by atoms with Gasteiger partial charge in [0.2, 0.25) is 0 Å². The monoisotopic (exact) mass is 291 g/mol. The van der Waals surface area contributed by atoms with Crippen LogP contribution in [0.15, 0.2) is 24.4 Å². The van der Waals surface area contributed by atoms with Gasteiger partial charge in [-0.15, -0.1) is 0 Å². The average molecular weight is 291 g/mol. The van der Waals surface area contributed by atoms with E-state index in [0.29, 0.717) is 0 Å². The zero-order chi connectivity index (χ0) is 15.7. The molecule has 0 amide bonds.